The van der Waals surface area contributed by atoms with Gasteiger partial charge >= 0.3 is 0 Å². The van der Waals surface area contributed by atoms with Crippen LogP contribution in [0.15, 0.2) is 18.2 Å². The van der Waals surface area contributed by atoms with Crippen molar-refractivity contribution in [3.8, 4) is 6.07 Å². The predicted octanol–water partition coefficient (Wildman–Crippen LogP) is -0.202. The zero-order chi connectivity index (χ0) is 13.1. The maximum Gasteiger partial charge on any atom is 0.246 e. The first-order valence-electron chi connectivity index (χ1n) is 5.43. The molecule has 6 heteroatoms. The van der Waals surface area contributed by atoms with Crippen LogP contribution in [0.1, 0.15) is 5.56 Å². The van der Waals surface area contributed by atoms with Gasteiger partial charge in [0.25, 0.3) is 0 Å². The quantitative estimate of drug-likeness (QED) is 0.554. The number of benzene rings is 1. The zero-order valence-electron chi connectivity index (χ0n) is 9.64. The van der Waals surface area contributed by atoms with Gasteiger partial charge in [-0.1, -0.05) is 0 Å². The molecular formula is C12H12N4O2. The molecule has 92 valence electrons. The van der Waals surface area contributed by atoms with E-state index in [4.69, 9.17) is 11.0 Å². The third kappa shape index (κ3) is 2.40. The lowest BCUT2D eigenvalue weighted by Crippen LogP contribution is -2.51. The van der Waals surface area contributed by atoms with E-state index in [1.54, 1.807) is 23.1 Å². The third-order valence-electron chi connectivity index (χ3n) is 2.71. The summed E-state index contributed by atoms with van der Waals surface area (Å²) in [5, 5.41) is 10.9. The van der Waals surface area contributed by atoms with Crippen LogP contribution in [-0.4, -0.2) is 24.9 Å². The number of nitrogen functional groups attached to an aromatic ring is 1. The number of carbonyl (C=O) groups is 2. The number of hydrogen-bond acceptors (Lipinski definition) is 5. The molecule has 0 aliphatic carbocycles. The van der Waals surface area contributed by atoms with Crippen molar-refractivity contribution in [2.24, 2.45) is 0 Å². The minimum absolute atomic E-state index is 0.127. The summed E-state index contributed by atoms with van der Waals surface area (Å²) >= 11 is 0. The molecule has 1 aliphatic rings. The number of piperazine rings is 1. The molecule has 1 saturated heterocycles. The van der Waals surface area contributed by atoms with Crippen molar-refractivity contribution in [1.29, 1.82) is 5.26 Å². The number of anilines is 2. The number of carbonyl (C=O) groups excluding carboxylic acids is 2. The zero-order valence-corrected chi connectivity index (χ0v) is 9.64. The van der Waals surface area contributed by atoms with Crippen molar-refractivity contribution in [2.75, 3.05) is 23.7 Å². The van der Waals surface area contributed by atoms with Crippen LogP contribution in [0, 0.1) is 11.3 Å². The van der Waals surface area contributed by atoms with E-state index in [1.165, 1.54) is 0 Å². The Morgan fingerprint density at radius 1 is 1.33 bits per heavy atom. The molecule has 0 aromatic heterocycles. The van der Waals surface area contributed by atoms with Crippen LogP contribution in [-0.2, 0) is 16.0 Å². The van der Waals surface area contributed by atoms with Gasteiger partial charge < -0.3 is 10.6 Å². The Hall–Kier alpha value is -2.55. The van der Waals surface area contributed by atoms with Gasteiger partial charge in [0.2, 0.25) is 11.8 Å². The maximum atomic E-state index is 11.3. The molecule has 0 unspecified atom stereocenters. The van der Waals surface area contributed by atoms with Crippen LogP contribution in [0.4, 0.5) is 11.4 Å². The average Bonchev–Trinajstić information content (AvgIpc) is 2.31. The Kier molecular flexibility index (Phi) is 3.15. The number of amides is 2. The summed E-state index contributed by atoms with van der Waals surface area (Å²) in [5.74, 6) is -0.658. The van der Waals surface area contributed by atoms with E-state index in [-0.39, 0.29) is 31.3 Å². The fraction of sp³-hybridized carbons (Fsp3) is 0.250. The minimum Gasteiger partial charge on any atom is -0.398 e. The molecule has 1 fully saturated rings. The molecule has 2 rings (SSSR count). The molecule has 3 N–H and O–H groups in total. The fourth-order valence-electron chi connectivity index (χ4n) is 1.85. The van der Waals surface area contributed by atoms with E-state index < -0.39 is 0 Å². The number of nitriles is 1. The number of nitrogens with two attached hydrogens (primary N) is 1. The normalized spacial score (nSPS) is 15.2. The second-order valence-electron chi connectivity index (χ2n) is 4.05. The summed E-state index contributed by atoms with van der Waals surface area (Å²) in [7, 11) is 0. The smallest absolute Gasteiger partial charge is 0.246 e. The Balaban J connectivity index is 2.28. The van der Waals surface area contributed by atoms with Gasteiger partial charge in [-0.15, -0.1) is 0 Å². The first-order chi connectivity index (χ1) is 8.60. The highest BCUT2D eigenvalue weighted by Crippen LogP contribution is 2.22. The molecular weight excluding hydrogens is 232 g/mol. The van der Waals surface area contributed by atoms with Crippen molar-refractivity contribution < 1.29 is 9.59 Å². The molecule has 1 aromatic carbocycles. The predicted molar refractivity (Wildman–Crippen MR) is 65.5 cm³/mol. The Bertz CT molecular complexity index is 531. The van der Waals surface area contributed by atoms with Crippen molar-refractivity contribution in [2.45, 2.75) is 6.42 Å². The SMILES string of the molecule is N#CCc1cc(N2CC(=O)NC(=O)C2)ccc1N. The molecule has 0 spiro atoms. The van der Waals surface area contributed by atoms with Gasteiger partial charge in [-0.3, -0.25) is 14.9 Å². The summed E-state index contributed by atoms with van der Waals surface area (Å²) in [5.41, 5.74) is 7.70. The molecule has 0 bridgehead atoms. The van der Waals surface area contributed by atoms with Gasteiger partial charge in [0.05, 0.1) is 25.6 Å². The van der Waals surface area contributed by atoms with E-state index >= 15 is 0 Å². The molecule has 1 aliphatic heterocycles. The summed E-state index contributed by atoms with van der Waals surface area (Å²) < 4.78 is 0. The average molecular weight is 244 g/mol. The molecule has 2 amide bonds. The summed E-state index contributed by atoms with van der Waals surface area (Å²) in [4.78, 5) is 24.2. The van der Waals surface area contributed by atoms with E-state index in [0.29, 0.717) is 11.3 Å². The highest BCUT2D eigenvalue weighted by molar-refractivity contribution is 6.02. The second-order valence-corrected chi connectivity index (χ2v) is 4.05. The first kappa shape index (κ1) is 11.9. The van der Waals surface area contributed by atoms with Crippen LogP contribution in [0.5, 0.6) is 0 Å². The van der Waals surface area contributed by atoms with Crippen LogP contribution >= 0.6 is 0 Å². The monoisotopic (exact) mass is 244 g/mol. The van der Waals surface area contributed by atoms with Crippen molar-refractivity contribution in [1.82, 2.24) is 5.32 Å². The van der Waals surface area contributed by atoms with E-state index in [1.807, 2.05) is 6.07 Å². The number of hydrogen-bond donors (Lipinski definition) is 2. The fourth-order valence-corrected chi connectivity index (χ4v) is 1.85. The molecule has 0 atom stereocenters. The highest BCUT2D eigenvalue weighted by Gasteiger charge is 2.22. The standard InChI is InChI=1S/C12H12N4O2/c13-4-3-8-5-9(1-2-10(8)14)16-6-11(17)15-12(18)7-16/h1-2,5H,3,6-7,14H2,(H,15,17,18). The van der Waals surface area contributed by atoms with E-state index in [2.05, 4.69) is 5.32 Å². The summed E-state index contributed by atoms with van der Waals surface area (Å²) in [6, 6.07) is 7.19. The third-order valence-corrected chi connectivity index (χ3v) is 2.71. The van der Waals surface area contributed by atoms with Gasteiger partial charge in [-0.2, -0.15) is 5.26 Å². The van der Waals surface area contributed by atoms with Crippen molar-refractivity contribution >= 4 is 23.2 Å². The van der Waals surface area contributed by atoms with Crippen LogP contribution < -0.4 is 16.0 Å². The van der Waals surface area contributed by atoms with Crippen molar-refractivity contribution in [3.05, 3.63) is 23.8 Å². The lowest BCUT2D eigenvalue weighted by molar-refractivity contribution is -0.130. The van der Waals surface area contributed by atoms with Crippen LogP contribution in [0.3, 0.4) is 0 Å². The molecule has 1 heterocycles. The number of imide groups is 1. The number of rotatable bonds is 2. The summed E-state index contributed by atoms with van der Waals surface area (Å²) in [6.07, 6.45) is 0.202. The Morgan fingerprint density at radius 3 is 2.61 bits per heavy atom. The molecule has 0 saturated carbocycles. The Morgan fingerprint density at radius 2 is 2.00 bits per heavy atom. The van der Waals surface area contributed by atoms with Crippen molar-refractivity contribution in [3.63, 3.8) is 0 Å². The minimum atomic E-state index is -0.329. The van der Waals surface area contributed by atoms with Gasteiger partial charge in [-0.05, 0) is 23.8 Å². The number of nitrogens with one attached hydrogen (secondary N) is 1. The maximum absolute atomic E-state index is 11.3. The highest BCUT2D eigenvalue weighted by atomic mass is 16.2. The summed E-state index contributed by atoms with van der Waals surface area (Å²) in [6.45, 7) is 0.253. The van der Waals surface area contributed by atoms with Gasteiger partial charge in [0.1, 0.15) is 0 Å². The molecule has 0 radical (unpaired) electrons. The molecule has 18 heavy (non-hydrogen) atoms. The van der Waals surface area contributed by atoms with Crippen LogP contribution in [0.25, 0.3) is 0 Å². The van der Waals surface area contributed by atoms with Gasteiger partial charge in [0, 0.05) is 11.4 Å². The lowest BCUT2D eigenvalue weighted by Gasteiger charge is -2.27. The van der Waals surface area contributed by atoms with Gasteiger partial charge in [0.15, 0.2) is 0 Å². The van der Waals surface area contributed by atoms with E-state index in [9.17, 15) is 9.59 Å². The van der Waals surface area contributed by atoms with Gasteiger partial charge in [-0.25, -0.2) is 0 Å². The topological polar surface area (TPSA) is 99.2 Å². The largest absolute Gasteiger partial charge is 0.398 e. The lowest BCUT2D eigenvalue weighted by atomic mass is 10.1. The number of nitrogens with zero attached hydrogens (tertiary/aromatic N) is 2. The van der Waals surface area contributed by atoms with E-state index in [0.717, 1.165) is 5.69 Å². The molecule has 1 aromatic rings. The molecule has 6 nitrogen and oxygen atoms in total. The first-order valence-corrected chi connectivity index (χ1v) is 5.43. The Labute approximate surface area is 104 Å². The second kappa shape index (κ2) is 4.75. The van der Waals surface area contributed by atoms with Crippen LogP contribution in [0.2, 0.25) is 0 Å².